The molecule has 1 heterocycles. The molecule has 0 saturated carbocycles. The van der Waals surface area contributed by atoms with Crippen molar-refractivity contribution in [1.29, 1.82) is 0 Å². The minimum Gasteiger partial charge on any atom is -0.247 e. The van der Waals surface area contributed by atoms with E-state index < -0.39 is 0 Å². The largest absolute Gasteiger partial charge is 0.257 e. The molecule has 0 bridgehead atoms. The van der Waals surface area contributed by atoms with E-state index in [4.69, 9.17) is 0 Å². The fourth-order valence-corrected chi connectivity index (χ4v) is 4.22. The fourth-order valence-electron chi connectivity index (χ4n) is 4.22. The highest BCUT2D eigenvalue weighted by molar-refractivity contribution is 4.87. The first-order valence-electron chi connectivity index (χ1n) is 12.3. The van der Waals surface area contributed by atoms with Crippen molar-refractivity contribution >= 4 is 0 Å². The number of aromatic amines is 1. The van der Waals surface area contributed by atoms with Gasteiger partial charge in [0.25, 0.3) is 5.82 Å². The zero-order valence-corrected chi connectivity index (χ0v) is 19.1. The van der Waals surface area contributed by atoms with Gasteiger partial charge in [-0.2, -0.15) is 0 Å². The Hall–Kier alpha value is -0.790. The highest BCUT2D eigenvalue weighted by Crippen LogP contribution is 2.21. The zero-order chi connectivity index (χ0) is 19.7. The van der Waals surface area contributed by atoms with Crippen LogP contribution in [0.5, 0.6) is 0 Å². The van der Waals surface area contributed by atoms with Gasteiger partial charge in [0.15, 0.2) is 0 Å². The Kier molecular flexibility index (Phi) is 14.5. The van der Waals surface area contributed by atoms with E-state index in [1.54, 1.807) is 0 Å². The van der Waals surface area contributed by atoms with E-state index in [9.17, 15) is 0 Å². The maximum absolute atomic E-state index is 3.54. The lowest BCUT2D eigenvalue weighted by atomic mass is 10.00. The smallest absolute Gasteiger partial charge is 0.247 e. The summed E-state index contributed by atoms with van der Waals surface area (Å²) < 4.78 is 2.51. The molecule has 158 valence electrons. The van der Waals surface area contributed by atoms with Crippen LogP contribution in [-0.4, -0.2) is 4.98 Å². The SMILES string of the molecule is CCCCCCCCCCCC(C)c1[nH]cc[n+]1C(C)CCCCCCC. The molecule has 0 aliphatic rings. The number of nitrogens with zero attached hydrogens (tertiary/aromatic N) is 1. The topological polar surface area (TPSA) is 19.7 Å². The summed E-state index contributed by atoms with van der Waals surface area (Å²) in [5.74, 6) is 2.09. The molecule has 0 aliphatic carbocycles. The standard InChI is InChI=1S/C25H48N2/c1-5-7-9-11-12-13-14-16-17-19-23(3)25-26-21-22-27(25)24(4)20-18-15-10-8-6-2/h21-24H,5-20H2,1-4H3/p+1. The number of hydrogen-bond donors (Lipinski definition) is 1. The van der Waals surface area contributed by atoms with Crippen molar-refractivity contribution in [3.8, 4) is 0 Å². The monoisotopic (exact) mass is 377 g/mol. The van der Waals surface area contributed by atoms with Crippen LogP contribution in [0.15, 0.2) is 12.4 Å². The Bertz CT molecular complexity index is 437. The minimum atomic E-state index is 0.624. The second-order valence-corrected chi connectivity index (χ2v) is 8.82. The summed E-state index contributed by atoms with van der Waals surface area (Å²) in [5, 5.41) is 0. The Morgan fingerprint density at radius 1 is 0.704 bits per heavy atom. The molecule has 0 radical (unpaired) electrons. The molecule has 1 aromatic rings. The lowest BCUT2D eigenvalue weighted by Gasteiger charge is -2.14. The summed E-state index contributed by atoms with van der Waals surface area (Å²) in [6.45, 7) is 9.38. The van der Waals surface area contributed by atoms with Gasteiger partial charge in [-0.05, 0) is 26.2 Å². The quantitative estimate of drug-likeness (QED) is 0.196. The average molecular weight is 378 g/mol. The van der Waals surface area contributed by atoms with Crippen LogP contribution in [0.1, 0.15) is 148 Å². The van der Waals surface area contributed by atoms with Crippen LogP contribution in [0.25, 0.3) is 0 Å². The molecule has 0 aromatic carbocycles. The van der Waals surface area contributed by atoms with Crippen LogP contribution in [-0.2, 0) is 0 Å². The molecule has 1 N–H and O–H groups in total. The number of hydrogen-bond acceptors (Lipinski definition) is 0. The van der Waals surface area contributed by atoms with Crippen molar-refractivity contribution < 1.29 is 4.57 Å². The van der Waals surface area contributed by atoms with Gasteiger partial charge in [0.1, 0.15) is 12.4 Å². The van der Waals surface area contributed by atoms with Crippen LogP contribution < -0.4 is 4.57 Å². The predicted molar refractivity (Wildman–Crippen MR) is 119 cm³/mol. The van der Waals surface area contributed by atoms with Crippen LogP contribution in [0, 0.1) is 0 Å². The third kappa shape index (κ3) is 11.0. The summed E-state index contributed by atoms with van der Waals surface area (Å²) in [4.78, 5) is 3.54. The molecule has 0 saturated heterocycles. The van der Waals surface area contributed by atoms with E-state index in [0.717, 1.165) is 0 Å². The summed E-state index contributed by atoms with van der Waals surface area (Å²) in [7, 11) is 0. The third-order valence-corrected chi connectivity index (χ3v) is 6.15. The summed E-state index contributed by atoms with van der Waals surface area (Å²) in [6, 6.07) is 0.624. The highest BCUT2D eigenvalue weighted by atomic mass is 15.1. The molecular formula is C25H49N2+. The van der Waals surface area contributed by atoms with Gasteiger partial charge in [-0.1, -0.05) is 104 Å². The lowest BCUT2D eigenvalue weighted by molar-refractivity contribution is -0.727. The van der Waals surface area contributed by atoms with E-state index in [0.29, 0.717) is 12.0 Å². The molecule has 0 amide bonds. The number of H-pyrrole nitrogens is 1. The number of aromatic nitrogens is 2. The van der Waals surface area contributed by atoms with Crippen LogP contribution in [0.3, 0.4) is 0 Å². The molecule has 0 spiro atoms. The molecule has 1 rings (SSSR count). The van der Waals surface area contributed by atoms with E-state index in [2.05, 4.69) is 49.6 Å². The van der Waals surface area contributed by atoms with E-state index in [1.165, 1.54) is 109 Å². The van der Waals surface area contributed by atoms with Gasteiger partial charge in [-0.25, -0.2) is 9.55 Å². The molecule has 27 heavy (non-hydrogen) atoms. The van der Waals surface area contributed by atoms with Gasteiger partial charge in [0, 0.05) is 0 Å². The Labute approximate surface area is 170 Å². The van der Waals surface area contributed by atoms with Crippen LogP contribution >= 0.6 is 0 Å². The van der Waals surface area contributed by atoms with Gasteiger partial charge >= 0.3 is 0 Å². The third-order valence-electron chi connectivity index (χ3n) is 6.15. The summed E-state index contributed by atoms with van der Waals surface area (Å²) >= 11 is 0. The summed E-state index contributed by atoms with van der Waals surface area (Å²) in [5.41, 5.74) is 0. The normalized spacial score (nSPS) is 13.8. The predicted octanol–water partition coefficient (Wildman–Crippen LogP) is 8.25. The number of rotatable bonds is 18. The Morgan fingerprint density at radius 3 is 1.74 bits per heavy atom. The molecule has 2 heteroatoms. The van der Waals surface area contributed by atoms with Crippen molar-refractivity contribution in [3.05, 3.63) is 18.2 Å². The minimum absolute atomic E-state index is 0.624. The van der Waals surface area contributed by atoms with Crippen molar-refractivity contribution in [2.45, 2.75) is 142 Å². The molecule has 1 aromatic heterocycles. The molecule has 0 aliphatic heterocycles. The fraction of sp³-hybridized carbons (Fsp3) is 0.880. The van der Waals surface area contributed by atoms with Gasteiger partial charge < -0.3 is 0 Å². The summed E-state index contributed by atoms with van der Waals surface area (Å²) in [6.07, 6.45) is 26.7. The second kappa shape index (κ2) is 16.2. The van der Waals surface area contributed by atoms with Gasteiger partial charge in [0.05, 0.1) is 12.0 Å². The number of nitrogens with one attached hydrogen (secondary N) is 1. The van der Waals surface area contributed by atoms with Gasteiger partial charge in [0.2, 0.25) is 0 Å². The van der Waals surface area contributed by atoms with Gasteiger partial charge in [-0.3, -0.25) is 0 Å². The number of unbranched alkanes of at least 4 members (excludes halogenated alkanes) is 12. The lowest BCUT2D eigenvalue weighted by Crippen LogP contribution is -2.40. The molecule has 2 nitrogen and oxygen atoms in total. The molecule has 2 atom stereocenters. The maximum Gasteiger partial charge on any atom is 0.257 e. The first-order valence-corrected chi connectivity index (χ1v) is 12.3. The first-order chi connectivity index (χ1) is 13.2. The van der Waals surface area contributed by atoms with Crippen molar-refractivity contribution in [2.24, 2.45) is 0 Å². The molecule has 2 unspecified atom stereocenters. The zero-order valence-electron chi connectivity index (χ0n) is 19.1. The molecular weight excluding hydrogens is 328 g/mol. The van der Waals surface area contributed by atoms with Crippen molar-refractivity contribution in [1.82, 2.24) is 4.98 Å². The van der Waals surface area contributed by atoms with Gasteiger partial charge in [-0.15, -0.1) is 0 Å². The molecule has 0 fully saturated rings. The van der Waals surface area contributed by atoms with Crippen LogP contribution in [0.4, 0.5) is 0 Å². The van der Waals surface area contributed by atoms with E-state index in [1.807, 2.05) is 0 Å². The highest BCUT2D eigenvalue weighted by Gasteiger charge is 2.21. The Balaban J connectivity index is 2.20. The maximum atomic E-state index is 3.54. The first kappa shape index (κ1) is 24.2. The number of imidazole rings is 1. The second-order valence-electron chi connectivity index (χ2n) is 8.82. The van der Waals surface area contributed by atoms with Crippen molar-refractivity contribution in [3.63, 3.8) is 0 Å². The van der Waals surface area contributed by atoms with Crippen molar-refractivity contribution in [2.75, 3.05) is 0 Å². The Morgan fingerprint density at radius 2 is 1.19 bits per heavy atom. The van der Waals surface area contributed by atoms with E-state index >= 15 is 0 Å². The average Bonchev–Trinajstić information content (AvgIpc) is 3.16. The van der Waals surface area contributed by atoms with E-state index in [-0.39, 0.29) is 0 Å². The van der Waals surface area contributed by atoms with Crippen LogP contribution in [0.2, 0.25) is 0 Å².